The molecule has 6 heavy (non-hydrogen) atoms. The SMILES string of the molecule is [CH2]C(CCl)P=O. The summed E-state index contributed by atoms with van der Waals surface area (Å²) >= 11 is 5.18. The molecule has 0 aromatic heterocycles. The van der Waals surface area contributed by atoms with Gasteiger partial charge >= 0.3 is 0 Å². The number of rotatable bonds is 2. The van der Waals surface area contributed by atoms with Crippen LogP contribution in [0.2, 0.25) is 0 Å². The molecule has 0 fully saturated rings. The average molecular weight is 123 g/mol. The van der Waals surface area contributed by atoms with Crippen molar-refractivity contribution < 1.29 is 4.57 Å². The molecule has 0 saturated heterocycles. The molecule has 1 unspecified atom stereocenters. The summed E-state index contributed by atoms with van der Waals surface area (Å²) in [6, 6.07) is 0. The zero-order chi connectivity index (χ0) is 4.99. The Labute approximate surface area is 43.9 Å². The van der Waals surface area contributed by atoms with E-state index in [-0.39, 0.29) is 14.1 Å². The zero-order valence-corrected chi connectivity index (χ0v) is 4.88. The molecular weight excluding hydrogens is 118 g/mol. The Morgan fingerprint density at radius 2 is 2.50 bits per heavy atom. The summed E-state index contributed by atoms with van der Waals surface area (Å²) in [4.78, 5) is 0. The van der Waals surface area contributed by atoms with E-state index >= 15 is 0 Å². The van der Waals surface area contributed by atoms with Gasteiger partial charge in [-0.2, -0.15) is 0 Å². The van der Waals surface area contributed by atoms with Gasteiger partial charge in [0.1, 0.15) is 0 Å². The maximum Gasteiger partial charge on any atom is 0.159 e. The lowest BCUT2D eigenvalue weighted by molar-refractivity contribution is 0.596. The highest BCUT2D eigenvalue weighted by molar-refractivity contribution is 7.25. The third-order valence-corrected chi connectivity index (χ3v) is 1.40. The van der Waals surface area contributed by atoms with E-state index in [0.29, 0.717) is 5.88 Å². The summed E-state index contributed by atoms with van der Waals surface area (Å²) in [5.41, 5.74) is -0.133. The molecule has 1 radical (unpaired) electrons. The molecule has 0 N–H and O–H groups in total. The summed E-state index contributed by atoms with van der Waals surface area (Å²) < 4.78 is 9.69. The van der Waals surface area contributed by atoms with Crippen LogP contribution in [0.3, 0.4) is 0 Å². The second kappa shape index (κ2) is 3.58. The molecule has 0 aliphatic rings. The van der Waals surface area contributed by atoms with Gasteiger partial charge in [0.15, 0.2) is 8.46 Å². The number of alkyl halides is 1. The molecule has 1 nitrogen and oxygen atoms in total. The van der Waals surface area contributed by atoms with E-state index in [1.165, 1.54) is 0 Å². The van der Waals surface area contributed by atoms with Crippen LogP contribution in [0.4, 0.5) is 0 Å². The van der Waals surface area contributed by atoms with Gasteiger partial charge in [-0.05, 0) is 6.92 Å². The first kappa shape index (κ1) is 6.39. The highest BCUT2D eigenvalue weighted by atomic mass is 35.5. The average Bonchev–Trinajstić information content (AvgIpc) is 1.65. The van der Waals surface area contributed by atoms with Crippen LogP contribution < -0.4 is 0 Å². The molecule has 0 saturated carbocycles. The number of hydrogen-bond acceptors (Lipinski definition) is 1. The molecule has 0 rings (SSSR count). The van der Waals surface area contributed by atoms with Crippen molar-refractivity contribution in [3.05, 3.63) is 6.92 Å². The first-order valence-corrected chi connectivity index (χ1v) is 2.94. The fourth-order valence-electron chi connectivity index (χ4n) is 0.0282. The molecule has 3 heteroatoms. The molecule has 0 aromatic rings. The van der Waals surface area contributed by atoms with E-state index in [2.05, 4.69) is 6.92 Å². The summed E-state index contributed by atoms with van der Waals surface area (Å²) in [7, 11) is 0.0351. The quantitative estimate of drug-likeness (QED) is 0.404. The molecule has 35 valence electrons. The van der Waals surface area contributed by atoms with Crippen molar-refractivity contribution in [3.8, 4) is 0 Å². The summed E-state index contributed by atoms with van der Waals surface area (Å²) in [6.07, 6.45) is 0. The van der Waals surface area contributed by atoms with Crippen LogP contribution in [0.25, 0.3) is 0 Å². The Morgan fingerprint density at radius 3 is 2.50 bits per heavy atom. The molecule has 0 aliphatic heterocycles. The van der Waals surface area contributed by atoms with Gasteiger partial charge in [0.05, 0.1) is 5.66 Å². The minimum absolute atomic E-state index is 0.0351. The van der Waals surface area contributed by atoms with Gasteiger partial charge < -0.3 is 0 Å². The maximum absolute atomic E-state index is 9.69. The van der Waals surface area contributed by atoms with E-state index in [4.69, 9.17) is 11.6 Å². The van der Waals surface area contributed by atoms with E-state index < -0.39 is 0 Å². The van der Waals surface area contributed by atoms with E-state index in [1.54, 1.807) is 0 Å². The molecule has 0 bridgehead atoms. The van der Waals surface area contributed by atoms with Crippen LogP contribution in [0, 0.1) is 6.92 Å². The second-order valence-corrected chi connectivity index (χ2v) is 2.16. The molecule has 0 aromatic carbocycles. The van der Waals surface area contributed by atoms with Crippen LogP contribution in [0.1, 0.15) is 0 Å². The Hall–Kier alpha value is 0.390. The van der Waals surface area contributed by atoms with Gasteiger partial charge in [0, 0.05) is 5.88 Å². The van der Waals surface area contributed by atoms with Crippen LogP contribution in [0.5, 0.6) is 0 Å². The minimum Gasteiger partial charge on any atom is -0.275 e. The zero-order valence-electron chi connectivity index (χ0n) is 3.22. The van der Waals surface area contributed by atoms with Gasteiger partial charge in [-0.15, -0.1) is 11.6 Å². The van der Waals surface area contributed by atoms with Crippen LogP contribution in [0.15, 0.2) is 0 Å². The Bertz CT molecular complexity index is 48.1. The molecule has 0 amide bonds. The van der Waals surface area contributed by atoms with Gasteiger partial charge in [0.2, 0.25) is 0 Å². The highest BCUT2D eigenvalue weighted by Gasteiger charge is 1.93. The van der Waals surface area contributed by atoms with E-state index in [9.17, 15) is 4.57 Å². The fourth-order valence-corrected chi connectivity index (χ4v) is 0.254. The van der Waals surface area contributed by atoms with Gasteiger partial charge in [-0.25, -0.2) is 0 Å². The van der Waals surface area contributed by atoms with Crippen molar-refractivity contribution in [2.24, 2.45) is 0 Å². The standard InChI is InChI=1S/C3H5ClOP/c1-3(2-4)6-5/h3H,1-2H2. The Kier molecular flexibility index (Phi) is 3.81. The van der Waals surface area contributed by atoms with E-state index in [1.807, 2.05) is 0 Å². The van der Waals surface area contributed by atoms with Gasteiger partial charge in [-0.1, -0.05) is 0 Å². The molecule has 1 atom stereocenters. The van der Waals surface area contributed by atoms with Crippen molar-refractivity contribution >= 4 is 20.1 Å². The number of halogens is 1. The second-order valence-electron chi connectivity index (χ2n) is 0.914. The van der Waals surface area contributed by atoms with Crippen molar-refractivity contribution in [1.82, 2.24) is 0 Å². The van der Waals surface area contributed by atoms with Gasteiger partial charge in [0.25, 0.3) is 0 Å². The largest absolute Gasteiger partial charge is 0.275 e. The molecule has 0 aliphatic carbocycles. The minimum atomic E-state index is -0.133. The van der Waals surface area contributed by atoms with Crippen LogP contribution >= 0.6 is 20.1 Å². The highest BCUT2D eigenvalue weighted by Crippen LogP contribution is 2.04. The smallest absolute Gasteiger partial charge is 0.159 e. The Balaban J connectivity index is 2.96. The van der Waals surface area contributed by atoms with Crippen molar-refractivity contribution in [2.75, 3.05) is 5.88 Å². The predicted octanol–water partition coefficient (Wildman–Crippen LogP) is 1.72. The monoisotopic (exact) mass is 123 g/mol. The lowest BCUT2D eigenvalue weighted by Crippen LogP contribution is -1.89. The van der Waals surface area contributed by atoms with Gasteiger partial charge in [-0.3, -0.25) is 4.57 Å². The van der Waals surface area contributed by atoms with E-state index in [0.717, 1.165) is 0 Å². The normalized spacial score (nSPS) is 15.0. The van der Waals surface area contributed by atoms with Crippen molar-refractivity contribution in [1.29, 1.82) is 0 Å². The third kappa shape index (κ3) is 2.62. The van der Waals surface area contributed by atoms with Crippen LogP contribution in [-0.2, 0) is 4.57 Å². The van der Waals surface area contributed by atoms with Crippen LogP contribution in [-0.4, -0.2) is 11.5 Å². The topological polar surface area (TPSA) is 17.1 Å². The predicted molar refractivity (Wildman–Crippen MR) is 27.5 cm³/mol. The third-order valence-electron chi connectivity index (χ3n) is 0.327. The lowest BCUT2D eigenvalue weighted by atomic mass is 10.6. The lowest BCUT2D eigenvalue weighted by Gasteiger charge is -1.85. The molecular formula is C3H5ClOP. The maximum atomic E-state index is 9.69. The molecule has 0 spiro atoms. The summed E-state index contributed by atoms with van der Waals surface area (Å²) in [5, 5.41) is 0. The first-order chi connectivity index (χ1) is 2.81. The summed E-state index contributed by atoms with van der Waals surface area (Å²) in [5.74, 6) is 0.366. The molecule has 0 heterocycles. The Morgan fingerprint density at radius 1 is 2.00 bits per heavy atom. The van der Waals surface area contributed by atoms with Crippen molar-refractivity contribution in [3.63, 3.8) is 0 Å². The fraction of sp³-hybridized carbons (Fsp3) is 0.667. The number of hydrogen-bond donors (Lipinski definition) is 0. The first-order valence-electron chi connectivity index (χ1n) is 1.52. The summed E-state index contributed by atoms with van der Waals surface area (Å²) in [6.45, 7) is 3.42. The van der Waals surface area contributed by atoms with Crippen molar-refractivity contribution in [2.45, 2.75) is 5.66 Å².